The standard InChI is InChI=1S/C15H17FN4/c1-2-5-18-10-15-19-6-7-20(15)11-13-8-14(16)4-3-12(13)9-17/h3-4,6-8,18H,2,5,10-11H2,1H3. The second-order valence-corrected chi connectivity index (χ2v) is 4.56. The Kier molecular flexibility index (Phi) is 4.85. The smallest absolute Gasteiger partial charge is 0.123 e. The molecule has 0 amide bonds. The SMILES string of the molecule is CCCNCc1nccn1Cc1cc(F)ccc1C#N. The van der Waals surface area contributed by atoms with Gasteiger partial charge in [-0.2, -0.15) is 5.26 Å². The lowest BCUT2D eigenvalue weighted by Gasteiger charge is -2.10. The van der Waals surface area contributed by atoms with Crippen LogP contribution in [-0.2, 0) is 13.1 Å². The topological polar surface area (TPSA) is 53.6 Å². The highest BCUT2D eigenvalue weighted by Crippen LogP contribution is 2.13. The van der Waals surface area contributed by atoms with E-state index < -0.39 is 0 Å². The maximum absolute atomic E-state index is 13.3. The van der Waals surface area contributed by atoms with E-state index in [4.69, 9.17) is 5.26 Å². The fourth-order valence-corrected chi connectivity index (χ4v) is 2.01. The van der Waals surface area contributed by atoms with Gasteiger partial charge in [0.2, 0.25) is 0 Å². The summed E-state index contributed by atoms with van der Waals surface area (Å²) >= 11 is 0. The fourth-order valence-electron chi connectivity index (χ4n) is 2.01. The number of rotatable bonds is 6. The zero-order valence-corrected chi connectivity index (χ0v) is 11.4. The summed E-state index contributed by atoms with van der Waals surface area (Å²) in [6, 6.07) is 6.31. The molecule has 0 bridgehead atoms. The summed E-state index contributed by atoms with van der Waals surface area (Å²) in [5.41, 5.74) is 1.16. The average Bonchev–Trinajstić information content (AvgIpc) is 2.87. The largest absolute Gasteiger partial charge is 0.329 e. The molecule has 20 heavy (non-hydrogen) atoms. The van der Waals surface area contributed by atoms with Crippen molar-refractivity contribution in [3.63, 3.8) is 0 Å². The minimum Gasteiger partial charge on any atom is -0.329 e. The Hall–Kier alpha value is -2.19. The van der Waals surface area contributed by atoms with Crippen LogP contribution < -0.4 is 5.32 Å². The molecule has 5 heteroatoms. The van der Waals surface area contributed by atoms with Crippen molar-refractivity contribution in [2.24, 2.45) is 0 Å². The third-order valence-electron chi connectivity index (χ3n) is 3.04. The predicted molar refractivity (Wildman–Crippen MR) is 74.4 cm³/mol. The summed E-state index contributed by atoms with van der Waals surface area (Å²) < 4.78 is 15.2. The molecule has 2 aromatic rings. The molecule has 2 rings (SSSR count). The van der Waals surface area contributed by atoms with Gasteiger partial charge in [-0.3, -0.25) is 0 Å². The van der Waals surface area contributed by atoms with E-state index in [-0.39, 0.29) is 5.82 Å². The Morgan fingerprint density at radius 1 is 1.45 bits per heavy atom. The van der Waals surface area contributed by atoms with E-state index >= 15 is 0 Å². The minimum absolute atomic E-state index is 0.329. The van der Waals surface area contributed by atoms with Crippen LogP contribution in [0.5, 0.6) is 0 Å². The third-order valence-corrected chi connectivity index (χ3v) is 3.04. The van der Waals surface area contributed by atoms with Crippen molar-refractivity contribution in [1.29, 1.82) is 5.26 Å². The Bertz CT molecular complexity index is 613. The lowest BCUT2D eigenvalue weighted by molar-refractivity contribution is 0.607. The molecule has 0 fully saturated rings. The van der Waals surface area contributed by atoms with Crippen LogP contribution in [0, 0.1) is 17.1 Å². The molecule has 104 valence electrons. The van der Waals surface area contributed by atoms with Gasteiger partial charge in [0.25, 0.3) is 0 Å². The first-order chi connectivity index (χ1) is 9.74. The van der Waals surface area contributed by atoms with E-state index in [0.29, 0.717) is 24.2 Å². The number of hydrogen-bond donors (Lipinski definition) is 1. The maximum Gasteiger partial charge on any atom is 0.123 e. The number of imidazole rings is 1. The second kappa shape index (κ2) is 6.83. The van der Waals surface area contributed by atoms with Gasteiger partial charge in [0.15, 0.2) is 0 Å². The first kappa shape index (κ1) is 14.2. The monoisotopic (exact) mass is 272 g/mol. The van der Waals surface area contributed by atoms with Gasteiger partial charge in [-0.05, 0) is 36.7 Å². The Labute approximate surface area is 117 Å². The molecule has 0 unspecified atom stereocenters. The summed E-state index contributed by atoms with van der Waals surface area (Å²) in [5.74, 6) is 0.552. The van der Waals surface area contributed by atoms with Crippen LogP contribution >= 0.6 is 0 Å². The summed E-state index contributed by atoms with van der Waals surface area (Å²) in [7, 11) is 0. The molecular weight excluding hydrogens is 255 g/mol. The first-order valence-corrected chi connectivity index (χ1v) is 6.64. The van der Waals surface area contributed by atoms with Crippen LogP contribution in [0.2, 0.25) is 0 Å². The zero-order valence-electron chi connectivity index (χ0n) is 11.4. The van der Waals surface area contributed by atoms with E-state index in [9.17, 15) is 4.39 Å². The van der Waals surface area contributed by atoms with E-state index in [1.807, 2.05) is 10.8 Å². The van der Waals surface area contributed by atoms with Gasteiger partial charge in [-0.25, -0.2) is 9.37 Å². The Morgan fingerprint density at radius 3 is 3.05 bits per heavy atom. The molecule has 0 aliphatic carbocycles. The molecule has 0 spiro atoms. The molecule has 0 radical (unpaired) electrons. The minimum atomic E-state index is -0.329. The molecule has 0 atom stereocenters. The molecule has 1 heterocycles. The van der Waals surface area contributed by atoms with Crippen molar-refractivity contribution in [1.82, 2.24) is 14.9 Å². The van der Waals surface area contributed by atoms with Crippen LogP contribution in [0.3, 0.4) is 0 Å². The highest BCUT2D eigenvalue weighted by atomic mass is 19.1. The van der Waals surface area contributed by atoms with E-state index in [1.165, 1.54) is 18.2 Å². The molecule has 0 saturated heterocycles. The number of nitrogens with one attached hydrogen (secondary N) is 1. The first-order valence-electron chi connectivity index (χ1n) is 6.64. The van der Waals surface area contributed by atoms with Gasteiger partial charge in [0.1, 0.15) is 11.6 Å². The average molecular weight is 272 g/mol. The van der Waals surface area contributed by atoms with Crippen molar-refractivity contribution < 1.29 is 4.39 Å². The number of nitriles is 1. The van der Waals surface area contributed by atoms with Crippen LogP contribution in [0.25, 0.3) is 0 Å². The molecular formula is C15H17FN4. The van der Waals surface area contributed by atoms with Gasteiger partial charge in [-0.15, -0.1) is 0 Å². The molecule has 0 aliphatic rings. The highest BCUT2D eigenvalue weighted by molar-refractivity contribution is 5.38. The van der Waals surface area contributed by atoms with Crippen LogP contribution in [0.15, 0.2) is 30.6 Å². The van der Waals surface area contributed by atoms with Crippen molar-refractivity contribution in [3.05, 3.63) is 53.4 Å². The van der Waals surface area contributed by atoms with Gasteiger partial charge < -0.3 is 9.88 Å². The van der Waals surface area contributed by atoms with Crippen molar-refractivity contribution in [2.45, 2.75) is 26.4 Å². The van der Waals surface area contributed by atoms with Crippen LogP contribution in [-0.4, -0.2) is 16.1 Å². The predicted octanol–water partition coefficient (Wildman–Crippen LogP) is 2.44. The molecule has 4 nitrogen and oxygen atoms in total. The molecule has 1 N–H and O–H groups in total. The van der Waals surface area contributed by atoms with Crippen molar-refractivity contribution in [3.8, 4) is 6.07 Å². The zero-order chi connectivity index (χ0) is 14.4. The van der Waals surface area contributed by atoms with Crippen molar-refractivity contribution >= 4 is 0 Å². The number of halogens is 1. The summed E-state index contributed by atoms with van der Waals surface area (Å²) in [6.07, 6.45) is 4.62. The molecule has 1 aromatic carbocycles. The Balaban J connectivity index is 2.16. The fraction of sp³-hybridized carbons (Fsp3) is 0.333. The molecule has 1 aromatic heterocycles. The van der Waals surface area contributed by atoms with Crippen LogP contribution in [0.4, 0.5) is 4.39 Å². The summed E-state index contributed by atoms with van der Waals surface area (Å²) in [6.45, 7) is 4.14. The summed E-state index contributed by atoms with van der Waals surface area (Å²) in [4.78, 5) is 4.29. The number of aromatic nitrogens is 2. The van der Waals surface area contributed by atoms with Gasteiger partial charge in [0.05, 0.1) is 24.7 Å². The molecule has 0 aliphatic heterocycles. The van der Waals surface area contributed by atoms with E-state index in [0.717, 1.165) is 18.8 Å². The van der Waals surface area contributed by atoms with Gasteiger partial charge in [-0.1, -0.05) is 6.92 Å². The Morgan fingerprint density at radius 2 is 2.30 bits per heavy atom. The lowest BCUT2D eigenvalue weighted by Crippen LogP contribution is -2.18. The van der Waals surface area contributed by atoms with E-state index in [2.05, 4.69) is 23.3 Å². The number of nitrogens with zero attached hydrogens (tertiary/aromatic N) is 3. The lowest BCUT2D eigenvalue weighted by atomic mass is 10.1. The normalized spacial score (nSPS) is 10.4. The van der Waals surface area contributed by atoms with Gasteiger partial charge in [0, 0.05) is 12.4 Å². The number of hydrogen-bond acceptors (Lipinski definition) is 3. The van der Waals surface area contributed by atoms with Crippen molar-refractivity contribution in [2.75, 3.05) is 6.54 Å². The number of benzene rings is 1. The van der Waals surface area contributed by atoms with Crippen LogP contribution in [0.1, 0.15) is 30.3 Å². The third kappa shape index (κ3) is 3.43. The summed E-state index contributed by atoms with van der Waals surface area (Å²) in [5, 5.41) is 12.4. The van der Waals surface area contributed by atoms with Gasteiger partial charge >= 0.3 is 0 Å². The highest BCUT2D eigenvalue weighted by Gasteiger charge is 2.08. The quantitative estimate of drug-likeness (QED) is 0.822. The second-order valence-electron chi connectivity index (χ2n) is 4.56. The van der Waals surface area contributed by atoms with E-state index in [1.54, 1.807) is 6.20 Å². The maximum atomic E-state index is 13.3. The molecule has 0 saturated carbocycles.